The summed E-state index contributed by atoms with van der Waals surface area (Å²) in [6.45, 7) is 3.57. The molecule has 3 aliphatic rings. The molecule has 1 aliphatic carbocycles. The third kappa shape index (κ3) is 6.74. The van der Waals surface area contributed by atoms with E-state index in [0.29, 0.717) is 37.0 Å². The van der Waals surface area contributed by atoms with Crippen LogP contribution in [-0.4, -0.2) is 74.0 Å². The van der Waals surface area contributed by atoms with E-state index in [1.54, 1.807) is 0 Å². The van der Waals surface area contributed by atoms with Crippen LogP contribution in [0.5, 0.6) is 0 Å². The van der Waals surface area contributed by atoms with Crippen LogP contribution in [0.4, 0.5) is 5.69 Å². The summed E-state index contributed by atoms with van der Waals surface area (Å²) in [7, 11) is 4.34. The number of nitrogens with one attached hydrogen (secondary N) is 2. The van der Waals surface area contributed by atoms with Crippen molar-refractivity contribution in [3.63, 3.8) is 0 Å². The molecule has 2 amide bonds. The molecule has 1 fully saturated rings. The van der Waals surface area contributed by atoms with E-state index in [2.05, 4.69) is 64.9 Å². The number of amides is 2. The summed E-state index contributed by atoms with van der Waals surface area (Å²) in [4.78, 5) is 34.0. The van der Waals surface area contributed by atoms with Gasteiger partial charge in [-0.05, 0) is 79.4 Å². The number of benzene rings is 3. The van der Waals surface area contributed by atoms with Gasteiger partial charge in [0, 0.05) is 68.4 Å². The number of anilines is 1. The number of rotatable bonds is 8. The minimum absolute atomic E-state index is 0.0227. The molecule has 3 unspecified atom stereocenters. The van der Waals surface area contributed by atoms with Crippen LogP contribution >= 0.6 is 11.6 Å². The number of carbonyl (C=O) groups is 2. The van der Waals surface area contributed by atoms with Gasteiger partial charge in [0.2, 0.25) is 11.8 Å². The second-order valence-electron chi connectivity index (χ2n) is 12.4. The monoisotopic (exact) mass is 599 g/mol. The van der Waals surface area contributed by atoms with Gasteiger partial charge in [-0.3, -0.25) is 9.59 Å². The van der Waals surface area contributed by atoms with Gasteiger partial charge in [0.15, 0.2) is 0 Å². The molecule has 0 saturated carbocycles. The van der Waals surface area contributed by atoms with Crippen LogP contribution in [0.1, 0.15) is 46.7 Å². The molecule has 0 bridgehead atoms. The molecule has 2 N–H and O–H groups in total. The minimum Gasteiger partial charge on any atom is -0.368 e. The summed E-state index contributed by atoms with van der Waals surface area (Å²) in [5, 5.41) is 7.21. The molecular weight excluding hydrogens is 558 g/mol. The van der Waals surface area contributed by atoms with Crippen molar-refractivity contribution >= 4 is 29.1 Å². The van der Waals surface area contributed by atoms with Crippen LogP contribution in [0.3, 0.4) is 0 Å². The second-order valence-corrected chi connectivity index (χ2v) is 12.8. The normalized spacial score (nSPS) is 20.5. The Morgan fingerprint density at radius 3 is 2.49 bits per heavy atom. The summed E-state index contributed by atoms with van der Waals surface area (Å²) in [6, 6.07) is 22.3. The van der Waals surface area contributed by atoms with Gasteiger partial charge in [0.05, 0.1) is 0 Å². The van der Waals surface area contributed by atoms with Crippen molar-refractivity contribution in [3.05, 3.63) is 99.6 Å². The minimum atomic E-state index is -0.637. The van der Waals surface area contributed by atoms with Crippen molar-refractivity contribution in [2.75, 3.05) is 45.2 Å². The maximum Gasteiger partial charge on any atom is 0.245 e. The van der Waals surface area contributed by atoms with E-state index in [9.17, 15) is 9.59 Å². The van der Waals surface area contributed by atoms with Crippen LogP contribution in [0.2, 0.25) is 5.02 Å². The number of aryl methyl sites for hydroxylation is 1. The van der Waals surface area contributed by atoms with Gasteiger partial charge in [-0.2, -0.15) is 0 Å². The SMILES string of the molecule is CN(C)C1CCc2cccc(N3CCN(C(=O)C(Cc4ccc(Cl)cc4)NC(=O)CC4NCc5ccccc54)CC3)c2C1. The fourth-order valence-electron chi connectivity index (χ4n) is 6.93. The Kier molecular flexibility index (Phi) is 9.03. The first-order valence-corrected chi connectivity index (χ1v) is 15.9. The lowest BCUT2D eigenvalue weighted by Crippen LogP contribution is -2.56. The molecule has 43 heavy (non-hydrogen) atoms. The fraction of sp³-hybridized carbons (Fsp3) is 0.429. The summed E-state index contributed by atoms with van der Waals surface area (Å²) >= 11 is 6.13. The number of hydrogen-bond acceptors (Lipinski definition) is 5. The molecule has 2 heterocycles. The van der Waals surface area contributed by atoms with Gasteiger partial charge in [-0.25, -0.2) is 0 Å². The Hall–Kier alpha value is -3.39. The molecule has 8 heteroatoms. The molecule has 2 aliphatic heterocycles. The standard InChI is InChI=1S/C35H42ClN5O2/c1-39(2)28-15-12-25-7-5-9-33(30(25)21-28)40-16-18-41(19-17-40)35(43)32(20-24-10-13-27(36)14-11-24)38-34(42)22-31-29-8-4-3-6-26(29)23-37-31/h3-11,13-14,28,31-32,37H,12,15-23H2,1-2H3,(H,38,42). The first-order chi connectivity index (χ1) is 20.9. The molecule has 6 rings (SSSR count). The summed E-state index contributed by atoms with van der Waals surface area (Å²) in [5.74, 6) is -0.142. The third-order valence-electron chi connectivity index (χ3n) is 9.44. The molecule has 0 radical (unpaired) electrons. The second kappa shape index (κ2) is 13.1. The van der Waals surface area contributed by atoms with E-state index < -0.39 is 6.04 Å². The van der Waals surface area contributed by atoms with Crippen LogP contribution in [0.15, 0.2) is 66.7 Å². The highest BCUT2D eigenvalue weighted by Gasteiger charge is 2.32. The maximum atomic E-state index is 14.0. The highest BCUT2D eigenvalue weighted by molar-refractivity contribution is 6.30. The van der Waals surface area contributed by atoms with E-state index in [1.165, 1.54) is 28.8 Å². The first-order valence-electron chi connectivity index (χ1n) is 15.5. The maximum absolute atomic E-state index is 14.0. The molecule has 226 valence electrons. The lowest BCUT2D eigenvalue weighted by molar-refractivity contribution is -0.136. The zero-order valence-corrected chi connectivity index (χ0v) is 25.9. The highest BCUT2D eigenvalue weighted by Crippen LogP contribution is 2.33. The Labute approximate surface area is 260 Å². The zero-order valence-electron chi connectivity index (χ0n) is 25.2. The number of carbonyl (C=O) groups excluding carboxylic acids is 2. The smallest absolute Gasteiger partial charge is 0.245 e. The first kappa shape index (κ1) is 29.7. The molecule has 3 aromatic rings. The average Bonchev–Trinajstić information content (AvgIpc) is 3.43. The largest absolute Gasteiger partial charge is 0.368 e. The summed E-state index contributed by atoms with van der Waals surface area (Å²) in [5.41, 5.74) is 7.59. The van der Waals surface area contributed by atoms with Crippen LogP contribution < -0.4 is 15.5 Å². The van der Waals surface area contributed by atoms with Gasteiger partial charge in [0.25, 0.3) is 0 Å². The number of piperazine rings is 1. The Balaban J connectivity index is 1.13. The van der Waals surface area contributed by atoms with Gasteiger partial charge < -0.3 is 25.3 Å². The number of halogens is 1. The van der Waals surface area contributed by atoms with Crippen molar-refractivity contribution < 1.29 is 9.59 Å². The Bertz CT molecular complexity index is 1450. The highest BCUT2D eigenvalue weighted by atomic mass is 35.5. The molecule has 7 nitrogen and oxygen atoms in total. The van der Waals surface area contributed by atoms with Crippen molar-refractivity contribution in [2.24, 2.45) is 0 Å². The van der Waals surface area contributed by atoms with Gasteiger partial charge in [-0.15, -0.1) is 0 Å². The molecular formula is C35H42ClN5O2. The zero-order chi connectivity index (χ0) is 29.9. The van der Waals surface area contributed by atoms with Gasteiger partial charge in [-0.1, -0.05) is 60.1 Å². The van der Waals surface area contributed by atoms with Crippen LogP contribution in [-0.2, 0) is 35.4 Å². The molecule has 0 aromatic heterocycles. The molecule has 1 saturated heterocycles. The predicted molar refractivity (Wildman–Crippen MR) is 172 cm³/mol. The van der Waals surface area contributed by atoms with Crippen molar-refractivity contribution in [1.29, 1.82) is 0 Å². The fourth-order valence-corrected chi connectivity index (χ4v) is 7.06. The van der Waals surface area contributed by atoms with E-state index >= 15 is 0 Å². The molecule has 3 atom stereocenters. The number of nitrogens with zero attached hydrogens (tertiary/aromatic N) is 3. The van der Waals surface area contributed by atoms with E-state index in [-0.39, 0.29) is 17.9 Å². The molecule has 0 spiro atoms. The van der Waals surface area contributed by atoms with Crippen molar-refractivity contribution in [1.82, 2.24) is 20.4 Å². The van der Waals surface area contributed by atoms with Crippen molar-refractivity contribution in [2.45, 2.75) is 56.8 Å². The quantitative estimate of drug-likeness (QED) is 0.403. The van der Waals surface area contributed by atoms with Gasteiger partial charge in [0.1, 0.15) is 6.04 Å². The Morgan fingerprint density at radius 2 is 1.72 bits per heavy atom. The lowest BCUT2D eigenvalue weighted by Gasteiger charge is -2.40. The number of likely N-dealkylation sites (N-methyl/N-ethyl adjacent to an activating group) is 1. The summed E-state index contributed by atoms with van der Waals surface area (Å²) in [6.07, 6.45) is 4.08. The van der Waals surface area contributed by atoms with E-state index in [0.717, 1.165) is 43.6 Å². The predicted octanol–water partition coefficient (Wildman–Crippen LogP) is 4.37. The van der Waals surface area contributed by atoms with Crippen LogP contribution in [0, 0.1) is 0 Å². The van der Waals surface area contributed by atoms with E-state index in [1.807, 2.05) is 41.3 Å². The van der Waals surface area contributed by atoms with E-state index in [4.69, 9.17) is 11.6 Å². The summed E-state index contributed by atoms with van der Waals surface area (Å²) < 4.78 is 0. The van der Waals surface area contributed by atoms with Gasteiger partial charge >= 0.3 is 0 Å². The number of hydrogen-bond donors (Lipinski definition) is 2. The topological polar surface area (TPSA) is 67.9 Å². The van der Waals surface area contributed by atoms with Crippen LogP contribution in [0.25, 0.3) is 0 Å². The third-order valence-corrected chi connectivity index (χ3v) is 9.69. The average molecular weight is 600 g/mol. The number of fused-ring (bicyclic) bond motifs is 2. The van der Waals surface area contributed by atoms with Crippen molar-refractivity contribution in [3.8, 4) is 0 Å². The Morgan fingerprint density at radius 1 is 0.977 bits per heavy atom. The molecule has 3 aromatic carbocycles. The lowest BCUT2D eigenvalue weighted by atomic mass is 9.86.